The Hall–Kier alpha value is -4.43. The highest BCUT2D eigenvalue weighted by molar-refractivity contribution is 7.98. The highest BCUT2D eigenvalue weighted by atomic mass is 32.2. The molecule has 1 saturated heterocycles. The molecule has 1 aliphatic rings. The van der Waals surface area contributed by atoms with Gasteiger partial charge in [0.2, 0.25) is 35.4 Å². The Morgan fingerprint density at radius 3 is 1.86 bits per heavy atom. The van der Waals surface area contributed by atoms with E-state index in [9.17, 15) is 28.8 Å². The standard InChI is InChI=1S/C37H53N7O6S/c1-24(2)20-29(36(49)42-27(33(38)46)17-19-51-3)41-32(45)23-40-34(47)30(21-25-12-6-4-7-13-25)43-37(50)31(22-26-14-8-5-9-15-26)44-35(48)28-16-10-11-18-39-28/h4-9,12-15,24,27-31,39H,10-11,16-23H2,1-3H3,(H2,38,46)(H,40,47)(H,41,45)(H,42,49)(H,43,50)(H,44,48)/t27-,28-,29+,30-,31-/m0/s1. The first-order valence-electron chi connectivity index (χ1n) is 17.5. The lowest BCUT2D eigenvalue weighted by Gasteiger charge is -2.27. The molecule has 1 heterocycles. The molecule has 2 aromatic rings. The minimum Gasteiger partial charge on any atom is -0.368 e. The number of carbonyl (C=O) groups is 6. The topological polar surface area (TPSA) is 201 Å². The van der Waals surface area contributed by atoms with E-state index in [4.69, 9.17) is 5.73 Å². The maximum Gasteiger partial charge on any atom is 0.243 e. The number of carbonyl (C=O) groups excluding carboxylic acids is 6. The average molecular weight is 724 g/mol. The van der Waals surface area contributed by atoms with Crippen molar-refractivity contribution in [2.75, 3.05) is 25.1 Å². The van der Waals surface area contributed by atoms with E-state index in [1.807, 2.05) is 80.8 Å². The third kappa shape index (κ3) is 14.8. The number of hydrogen-bond donors (Lipinski definition) is 7. The third-order valence-electron chi connectivity index (χ3n) is 8.51. The Morgan fingerprint density at radius 2 is 1.33 bits per heavy atom. The zero-order valence-electron chi connectivity index (χ0n) is 29.7. The molecule has 0 spiro atoms. The maximum atomic E-state index is 13.8. The van der Waals surface area contributed by atoms with Gasteiger partial charge in [0.1, 0.15) is 24.2 Å². The predicted molar refractivity (Wildman–Crippen MR) is 198 cm³/mol. The molecule has 5 atom stereocenters. The van der Waals surface area contributed by atoms with Crippen LogP contribution < -0.4 is 37.6 Å². The van der Waals surface area contributed by atoms with Gasteiger partial charge in [0.15, 0.2) is 0 Å². The molecule has 0 saturated carbocycles. The molecule has 0 bridgehead atoms. The van der Waals surface area contributed by atoms with Crippen molar-refractivity contribution in [3.8, 4) is 0 Å². The minimum atomic E-state index is -1.08. The first-order chi connectivity index (χ1) is 24.5. The van der Waals surface area contributed by atoms with Gasteiger partial charge in [-0.1, -0.05) is 80.9 Å². The van der Waals surface area contributed by atoms with Crippen molar-refractivity contribution in [2.45, 2.75) is 89.0 Å². The predicted octanol–water partition coefficient (Wildman–Crippen LogP) is 0.954. The van der Waals surface area contributed by atoms with E-state index < -0.39 is 66.3 Å². The average Bonchev–Trinajstić information content (AvgIpc) is 3.12. The summed E-state index contributed by atoms with van der Waals surface area (Å²) in [7, 11) is 0. The zero-order valence-corrected chi connectivity index (χ0v) is 30.6. The van der Waals surface area contributed by atoms with Gasteiger partial charge < -0.3 is 37.6 Å². The van der Waals surface area contributed by atoms with Crippen LogP contribution in [0.15, 0.2) is 60.7 Å². The Labute approximate surface area is 304 Å². The number of rotatable bonds is 20. The summed E-state index contributed by atoms with van der Waals surface area (Å²) in [4.78, 5) is 78.8. The number of nitrogens with one attached hydrogen (secondary N) is 6. The van der Waals surface area contributed by atoms with E-state index in [1.54, 1.807) is 0 Å². The van der Waals surface area contributed by atoms with Gasteiger partial charge in [-0.25, -0.2) is 0 Å². The molecule has 0 aromatic heterocycles. The van der Waals surface area contributed by atoms with Crippen LogP contribution in [0.2, 0.25) is 0 Å². The molecular weight excluding hydrogens is 671 g/mol. The SMILES string of the molecule is CSCC[C@H](NC(=O)[C@@H](CC(C)C)NC(=O)CNC(=O)[C@H](Cc1ccccc1)NC(=O)[C@H](Cc1ccccc1)NC(=O)[C@@H]1CCCCN1)C(N)=O. The van der Waals surface area contributed by atoms with Gasteiger partial charge in [-0.3, -0.25) is 28.8 Å². The van der Waals surface area contributed by atoms with Crippen LogP contribution in [-0.2, 0) is 41.6 Å². The van der Waals surface area contributed by atoms with Gasteiger partial charge in [0, 0.05) is 12.8 Å². The first-order valence-corrected chi connectivity index (χ1v) is 18.9. The summed E-state index contributed by atoms with van der Waals surface area (Å²) in [5.74, 6) is -2.63. The second-order valence-electron chi connectivity index (χ2n) is 13.2. The third-order valence-corrected chi connectivity index (χ3v) is 9.15. The summed E-state index contributed by atoms with van der Waals surface area (Å²) in [6.45, 7) is 4.04. The molecule has 6 amide bonds. The maximum absolute atomic E-state index is 13.8. The Morgan fingerprint density at radius 1 is 0.765 bits per heavy atom. The quantitative estimate of drug-likeness (QED) is 0.105. The lowest BCUT2D eigenvalue weighted by Crippen LogP contribution is -2.58. The van der Waals surface area contributed by atoms with Crippen LogP contribution in [0.3, 0.4) is 0 Å². The van der Waals surface area contributed by atoms with Crippen LogP contribution >= 0.6 is 11.8 Å². The van der Waals surface area contributed by atoms with Crippen molar-refractivity contribution in [3.05, 3.63) is 71.8 Å². The Bertz CT molecular complexity index is 1440. The van der Waals surface area contributed by atoms with Gasteiger partial charge in [-0.05, 0) is 61.3 Å². The minimum absolute atomic E-state index is 0.0255. The van der Waals surface area contributed by atoms with Gasteiger partial charge in [0.25, 0.3) is 0 Å². The van der Waals surface area contributed by atoms with Crippen LogP contribution in [0.1, 0.15) is 57.1 Å². The van der Waals surface area contributed by atoms with E-state index >= 15 is 0 Å². The smallest absolute Gasteiger partial charge is 0.243 e. The monoisotopic (exact) mass is 723 g/mol. The van der Waals surface area contributed by atoms with E-state index in [1.165, 1.54) is 11.8 Å². The van der Waals surface area contributed by atoms with Crippen LogP contribution in [0.5, 0.6) is 0 Å². The zero-order chi connectivity index (χ0) is 37.2. The summed E-state index contributed by atoms with van der Waals surface area (Å²) in [5.41, 5.74) is 7.10. The second kappa shape index (κ2) is 21.7. The molecule has 8 N–H and O–H groups in total. The number of hydrogen-bond acceptors (Lipinski definition) is 8. The number of primary amides is 1. The van der Waals surface area contributed by atoms with Crippen LogP contribution in [0, 0.1) is 5.92 Å². The van der Waals surface area contributed by atoms with E-state index in [0.29, 0.717) is 18.6 Å². The molecule has 0 aliphatic carbocycles. The fraction of sp³-hybridized carbons (Fsp3) is 0.514. The first kappa shape index (κ1) is 41.0. The molecular formula is C37H53N7O6S. The normalized spacial score (nSPS) is 16.5. The van der Waals surface area contributed by atoms with Crippen LogP contribution in [0.4, 0.5) is 0 Å². The lowest BCUT2D eigenvalue weighted by molar-refractivity contribution is -0.133. The second-order valence-corrected chi connectivity index (χ2v) is 14.2. The van der Waals surface area contributed by atoms with Gasteiger partial charge in [-0.2, -0.15) is 11.8 Å². The molecule has 14 heteroatoms. The molecule has 0 unspecified atom stereocenters. The Balaban J connectivity index is 1.72. The summed E-state index contributed by atoms with van der Waals surface area (Å²) in [5, 5.41) is 16.8. The van der Waals surface area contributed by atoms with E-state index in [2.05, 4.69) is 31.9 Å². The molecule has 0 radical (unpaired) electrons. The van der Waals surface area contributed by atoms with Crippen LogP contribution in [0.25, 0.3) is 0 Å². The van der Waals surface area contributed by atoms with Crippen LogP contribution in [-0.4, -0.2) is 90.8 Å². The van der Waals surface area contributed by atoms with Crippen molar-refractivity contribution < 1.29 is 28.8 Å². The Kier molecular flexibility index (Phi) is 17.5. The largest absolute Gasteiger partial charge is 0.368 e. The molecule has 51 heavy (non-hydrogen) atoms. The summed E-state index contributed by atoms with van der Waals surface area (Å²) in [6.07, 6.45) is 5.39. The van der Waals surface area contributed by atoms with Gasteiger partial charge >= 0.3 is 0 Å². The molecule has 1 fully saturated rings. The fourth-order valence-corrected chi connectivity index (χ4v) is 6.24. The molecule has 278 valence electrons. The van der Waals surface area contributed by atoms with E-state index in [0.717, 1.165) is 30.5 Å². The number of benzene rings is 2. The van der Waals surface area contributed by atoms with Crippen molar-refractivity contribution >= 4 is 47.2 Å². The fourth-order valence-electron chi connectivity index (χ4n) is 5.77. The van der Waals surface area contributed by atoms with Crippen molar-refractivity contribution in [1.29, 1.82) is 0 Å². The molecule has 3 rings (SSSR count). The van der Waals surface area contributed by atoms with Crippen molar-refractivity contribution in [1.82, 2.24) is 31.9 Å². The van der Waals surface area contributed by atoms with Crippen molar-refractivity contribution in [2.24, 2.45) is 11.7 Å². The molecule has 2 aromatic carbocycles. The summed E-state index contributed by atoms with van der Waals surface area (Å²) < 4.78 is 0. The highest BCUT2D eigenvalue weighted by Crippen LogP contribution is 2.11. The molecule has 1 aliphatic heterocycles. The summed E-state index contributed by atoms with van der Waals surface area (Å²) >= 11 is 1.51. The van der Waals surface area contributed by atoms with Gasteiger partial charge in [0.05, 0.1) is 12.6 Å². The van der Waals surface area contributed by atoms with E-state index in [-0.39, 0.29) is 31.1 Å². The lowest BCUT2D eigenvalue weighted by atomic mass is 10.0. The number of piperidine rings is 1. The van der Waals surface area contributed by atoms with Gasteiger partial charge in [-0.15, -0.1) is 0 Å². The summed E-state index contributed by atoms with van der Waals surface area (Å²) in [6, 6.07) is 14.1. The van der Waals surface area contributed by atoms with Crippen molar-refractivity contribution in [3.63, 3.8) is 0 Å². The number of thioether (sulfide) groups is 1. The molecule has 13 nitrogen and oxygen atoms in total. The number of nitrogens with two attached hydrogens (primary N) is 1. The highest BCUT2D eigenvalue weighted by Gasteiger charge is 2.31. The number of amides is 6.